The van der Waals surface area contributed by atoms with Crippen molar-refractivity contribution in [1.82, 2.24) is 9.80 Å². The number of piperazine rings is 1. The Hall–Kier alpha value is -1.86. The van der Waals surface area contributed by atoms with Crippen molar-refractivity contribution < 1.29 is 9.59 Å². The molecular weight excluding hydrogens is 483 g/mol. The summed E-state index contributed by atoms with van der Waals surface area (Å²) in [6, 6.07) is 10.7. The van der Waals surface area contributed by atoms with E-state index in [4.69, 9.17) is 23.2 Å². The molecule has 0 atom stereocenters. The zero-order chi connectivity index (χ0) is 23.1. The lowest BCUT2D eigenvalue weighted by Gasteiger charge is -2.35. The molecule has 0 unspecified atom stereocenters. The Morgan fingerprint density at radius 3 is 1.50 bits per heavy atom. The molecule has 1 heterocycles. The van der Waals surface area contributed by atoms with Crippen LogP contribution in [0.2, 0.25) is 10.0 Å². The van der Waals surface area contributed by atoms with Crippen LogP contribution in [0.25, 0.3) is 0 Å². The Morgan fingerprint density at radius 2 is 1.16 bits per heavy atom. The number of halogens is 2. The van der Waals surface area contributed by atoms with Crippen molar-refractivity contribution in [3.05, 3.63) is 82.9 Å². The number of nitrogens with zero attached hydrogens (tertiary/aromatic N) is 2. The third-order valence-electron chi connectivity index (χ3n) is 4.91. The monoisotopic (exact) mass is 506 g/mol. The number of amides is 2. The molecule has 1 fully saturated rings. The summed E-state index contributed by atoms with van der Waals surface area (Å²) < 4.78 is 0. The fourth-order valence-electron chi connectivity index (χ4n) is 3.34. The fraction of sp³-hybridized carbons (Fsp3) is 0.250. The zero-order valence-corrected chi connectivity index (χ0v) is 20.7. The van der Waals surface area contributed by atoms with Crippen LogP contribution in [0.5, 0.6) is 0 Å². The number of benzene rings is 2. The van der Waals surface area contributed by atoms with Crippen LogP contribution in [0, 0.1) is 0 Å². The minimum atomic E-state index is -0.0730. The molecule has 2 aromatic rings. The predicted molar refractivity (Wildman–Crippen MR) is 137 cm³/mol. The van der Waals surface area contributed by atoms with Crippen molar-refractivity contribution in [1.29, 1.82) is 0 Å². The molecule has 0 radical (unpaired) electrons. The van der Waals surface area contributed by atoms with Gasteiger partial charge in [-0.1, -0.05) is 35.4 Å². The van der Waals surface area contributed by atoms with E-state index in [1.807, 2.05) is 12.1 Å². The van der Waals surface area contributed by atoms with Gasteiger partial charge in [0.05, 0.1) is 11.1 Å². The minimum absolute atomic E-state index is 0.0730. The first-order chi connectivity index (χ1) is 15.4. The summed E-state index contributed by atoms with van der Waals surface area (Å²) in [5.74, 6) is 1.26. The number of rotatable bonds is 8. The Morgan fingerprint density at radius 1 is 0.781 bits per heavy atom. The summed E-state index contributed by atoms with van der Waals surface area (Å²) in [6.45, 7) is 9.31. The van der Waals surface area contributed by atoms with Gasteiger partial charge in [0.25, 0.3) is 11.8 Å². The molecular formula is C24H24Cl2N2O2S2. The van der Waals surface area contributed by atoms with Gasteiger partial charge in [-0.15, -0.1) is 36.7 Å². The maximum absolute atomic E-state index is 13.2. The third kappa shape index (κ3) is 6.13. The van der Waals surface area contributed by atoms with E-state index in [9.17, 15) is 9.59 Å². The summed E-state index contributed by atoms with van der Waals surface area (Å²) in [5.41, 5.74) is 1.17. The van der Waals surface area contributed by atoms with E-state index in [2.05, 4.69) is 13.2 Å². The van der Waals surface area contributed by atoms with Gasteiger partial charge < -0.3 is 9.80 Å². The Kier molecular flexibility index (Phi) is 9.17. The quantitative estimate of drug-likeness (QED) is 0.318. The van der Waals surface area contributed by atoms with Gasteiger partial charge >= 0.3 is 0 Å². The molecule has 0 bridgehead atoms. The highest BCUT2D eigenvalue weighted by Gasteiger charge is 2.28. The summed E-state index contributed by atoms with van der Waals surface area (Å²) in [5, 5.41) is 1.05. The highest BCUT2D eigenvalue weighted by Crippen LogP contribution is 2.29. The van der Waals surface area contributed by atoms with Crippen LogP contribution in [0.3, 0.4) is 0 Å². The Balaban J connectivity index is 1.71. The lowest BCUT2D eigenvalue weighted by Crippen LogP contribution is -2.50. The molecule has 1 aliphatic rings. The maximum Gasteiger partial charge on any atom is 0.255 e. The first-order valence-electron chi connectivity index (χ1n) is 10.1. The van der Waals surface area contributed by atoms with Crippen LogP contribution in [-0.4, -0.2) is 59.3 Å². The molecule has 0 N–H and O–H groups in total. The SMILES string of the molecule is C=CCSc1ccc(Cl)cc1C(=O)N1CCN(C(=O)c2cc(Cl)ccc2SCC=C)CC1. The van der Waals surface area contributed by atoms with Crippen molar-refractivity contribution in [2.75, 3.05) is 37.7 Å². The summed E-state index contributed by atoms with van der Waals surface area (Å²) in [4.78, 5) is 31.7. The van der Waals surface area contributed by atoms with E-state index < -0.39 is 0 Å². The van der Waals surface area contributed by atoms with E-state index in [1.54, 1.807) is 69.7 Å². The van der Waals surface area contributed by atoms with Crippen LogP contribution >= 0.6 is 46.7 Å². The highest BCUT2D eigenvalue weighted by atomic mass is 35.5. The molecule has 4 nitrogen and oxygen atoms in total. The second kappa shape index (κ2) is 11.8. The van der Waals surface area contributed by atoms with Crippen molar-refractivity contribution in [3.63, 3.8) is 0 Å². The lowest BCUT2D eigenvalue weighted by molar-refractivity contribution is 0.0531. The van der Waals surface area contributed by atoms with Crippen molar-refractivity contribution in [2.24, 2.45) is 0 Å². The van der Waals surface area contributed by atoms with E-state index in [0.29, 0.717) is 58.9 Å². The van der Waals surface area contributed by atoms with Crippen LogP contribution in [0.1, 0.15) is 20.7 Å². The van der Waals surface area contributed by atoms with Crippen molar-refractivity contribution >= 4 is 58.5 Å². The summed E-state index contributed by atoms with van der Waals surface area (Å²) in [7, 11) is 0. The molecule has 3 rings (SSSR count). The van der Waals surface area contributed by atoms with E-state index in [1.165, 1.54) is 0 Å². The average Bonchev–Trinajstić information content (AvgIpc) is 2.81. The molecule has 168 valence electrons. The smallest absolute Gasteiger partial charge is 0.255 e. The van der Waals surface area contributed by atoms with Crippen LogP contribution in [0.15, 0.2) is 71.5 Å². The number of hydrogen-bond acceptors (Lipinski definition) is 4. The van der Waals surface area contributed by atoms with Gasteiger partial charge in [-0.25, -0.2) is 0 Å². The second-order valence-electron chi connectivity index (χ2n) is 7.06. The zero-order valence-electron chi connectivity index (χ0n) is 17.6. The number of carbonyl (C=O) groups excluding carboxylic acids is 2. The van der Waals surface area contributed by atoms with Crippen LogP contribution in [0.4, 0.5) is 0 Å². The van der Waals surface area contributed by atoms with Gasteiger partial charge in [-0.2, -0.15) is 0 Å². The van der Waals surface area contributed by atoms with Gasteiger partial charge in [0, 0.05) is 57.5 Å². The van der Waals surface area contributed by atoms with Gasteiger partial charge in [-0.3, -0.25) is 9.59 Å². The topological polar surface area (TPSA) is 40.6 Å². The molecule has 0 aliphatic carbocycles. The van der Waals surface area contributed by atoms with E-state index >= 15 is 0 Å². The normalized spacial score (nSPS) is 13.7. The van der Waals surface area contributed by atoms with Crippen LogP contribution in [-0.2, 0) is 0 Å². The van der Waals surface area contributed by atoms with Gasteiger partial charge in [0.15, 0.2) is 0 Å². The standard InChI is InChI=1S/C24H24Cl2N2O2S2/c1-3-13-31-21-7-5-17(25)15-19(21)23(29)27-9-11-28(12-10-27)24(30)20-16-18(26)6-8-22(20)32-14-4-2/h3-8,15-16H,1-2,9-14H2. The first-order valence-corrected chi connectivity index (χ1v) is 12.8. The largest absolute Gasteiger partial charge is 0.335 e. The van der Waals surface area contributed by atoms with Gasteiger partial charge in [-0.05, 0) is 36.4 Å². The Labute approximate surface area is 207 Å². The van der Waals surface area contributed by atoms with E-state index in [-0.39, 0.29) is 11.8 Å². The molecule has 1 aliphatic heterocycles. The third-order valence-corrected chi connectivity index (χ3v) is 7.52. The van der Waals surface area contributed by atoms with Gasteiger partial charge in [0.2, 0.25) is 0 Å². The average molecular weight is 508 g/mol. The first kappa shape index (κ1) is 24.8. The number of thioether (sulfide) groups is 2. The fourth-order valence-corrected chi connectivity index (χ4v) is 5.21. The second-order valence-corrected chi connectivity index (χ2v) is 10.1. The summed E-state index contributed by atoms with van der Waals surface area (Å²) in [6.07, 6.45) is 3.60. The minimum Gasteiger partial charge on any atom is -0.335 e. The maximum atomic E-state index is 13.2. The van der Waals surface area contributed by atoms with Crippen LogP contribution < -0.4 is 0 Å². The molecule has 32 heavy (non-hydrogen) atoms. The molecule has 0 aromatic heterocycles. The molecule has 2 aromatic carbocycles. The Bertz CT molecular complexity index is 940. The molecule has 0 saturated carbocycles. The van der Waals surface area contributed by atoms with E-state index in [0.717, 1.165) is 9.79 Å². The lowest BCUT2D eigenvalue weighted by atomic mass is 10.1. The number of carbonyl (C=O) groups is 2. The molecule has 8 heteroatoms. The molecule has 0 spiro atoms. The highest BCUT2D eigenvalue weighted by molar-refractivity contribution is 7.99. The summed E-state index contributed by atoms with van der Waals surface area (Å²) >= 11 is 15.4. The van der Waals surface area contributed by atoms with Crippen molar-refractivity contribution in [2.45, 2.75) is 9.79 Å². The van der Waals surface area contributed by atoms with Gasteiger partial charge in [0.1, 0.15) is 0 Å². The van der Waals surface area contributed by atoms with Crippen molar-refractivity contribution in [3.8, 4) is 0 Å². The molecule has 2 amide bonds. The number of hydrogen-bond donors (Lipinski definition) is 0. The molecule has 1 saturated heterocycles. The predicted octanol–water partition coefficient (Wildman–Crippen LogP) is 6.15.